The van der Waals surface area contributed by atoms with Crippen molar-refractivity contribution in [3.05, 3.63) is 48.0 Å². The van der Waals surface area contributed by atoms with Crippen LogP contribution in [0, 0.1) is 5.82 Å². The van der Waals surface area contributed by atoms with Gasteiger partial charge in [-0.15, -0.1) is 0 Å². The van der Waals surface area contributed by atoms with Crippen LogP contribution in [0.4, 0.5) is 16.0 Å². The number of hydrogen-bond acceptors (Lipinski definition) is 5. The molecule has 6 heteroatoms. The molecule has 1 aromatic carbocycles. The van der Waals surface area contributed by atoms with Crippen molar-refractivity contribution < 1.29 is 4.39 Å². The van der Waals surface area contributed by atoms with Crippen LogP contribution in [0.3, 0.4) is 0 Å². The van der Waals surface area contributed by atoms with Gasteiger partial charge in [0.1, 0.15) is 5.82 Å². The van der Waals surface area contributed by atoms with E-state index >= 15 is 0 Å². The first-order valence-corrected chi connectivity index (χ1v) is 7.00. The van der Waals surface area contributed by atoms with Crippen molar-refractivity contribution in [2.75, 3.05) is 36.8 Å². The van der Waals surface area contributed by atoms with Crippen molar-refractivity contribution >= 4 is 11.6 Å². The lowest BCUT2D eigenvalue weighted by molar-refractivity contribution is 0.248. The molecule has 1 aliphatic rings. The second-order valence-corrected chi connectivity index (χ2v) is 5.17. The molecule has 2 heterocycles. The van der Waals surface area contributed by atoms with Crippen molar-refractivity contribution in [1.82, 2.24) is 14.9 Å². The van der Waals surface area contributed by atoms with E-state index in [4.69, 9.17) is 5.73 Å². The molecule has 0 radical (unpaired) electrons. The number of halogens is 1. The van der Waals surface area contributed by atoms with Crippen molar-refractivity contribution in [3.8, 4) is 0 Å². The van der Waals surface area contributed by atoms with Crippen LogP contribution in [0.15, 0.2) is 36.7 Å². The van der Waals surface area contributed by atoms with Gasteiger partial charge >= 0.3 is 0 Å². The van der Waals surface area contributed by atoms with Gasteiger partial charge in [0.05, 0.1) is 5.69 Å². The Labute approximate surface area is 123 Å². The number of nitrogens with zero attached hydrogens (tertiary/aromatic N) is 4. The van der Waals surface area contributed by atoms with Gasteiger partial charge in [0.25, 0.3) is 0 Å². The number of nitrogen functional groups attached to an aromatic ring is 1. The molecule has 0 atom stereocenters. The van der Waals surface area contributed by atoms with E-state index in [1.807, 2.05) is 12.1 Å². The molecule has 0 amide bonds. The summed E-state index contributed by atoms with van der Waals surface area (Å²) in [6, 6.07) is 6.83. The molecule has 0 bridgehead atoms. The Kier molecular flexibility index (Phi) is 3.96. The van der Waals surface area contributed by atoms with Crippen molar-refractivity contribution in [2.45, 2.75) is 6.54 Å². The summed E-state index contributed by atoms with van der Waals surface area (Å²) in [7, 11) is 0. The maximum absolute atomic E-state index is 13.4. The first-order valence-electron chi connectivity index (χ1n) is 7.00. The number of rotatable bonds is 3. The third-order valence-electron chi connectivity index (χ3n) is 3.68. The predicted octanol–water partition coefficient (Wildman–Crippen LogP) is 1.52. The molecular weight excluding hydrogens is 269 g/mol. The largest absolute Gasteiger partial charge is 0.396 e. The fraction of sp³-hybridized carbons (Fsp3) is 0.333. The SMILES string of the molecule is Nc1ccc(CN2CCN(c3ncccn3)CC2)cc1F. The lowest BCUT2D eigenvalue weighted by Gasteiger charge is -2.34. The molecule has 110 valence electrons. The summed E-state index contributed by atoms with van der Waals surface area (Å²) < 4.78 is 13.4. The highest BCUT2D eigenvalue weighted by Gasteiger charge is 2.18. The molecule has 0 saturated carbocycles. The first-order chi connectivity index (χ1) is 10.2. The Bertz CT molecular complexity index is 596. The smallest absolute Gasteiger partial charge is 0.225 e. The molecule has 0 aliphatic carbocycles. The molecule has 5 nitrogen and oxygen atoms in total. The van der Waals surface area contributed by atoms with E-state index in [0.29, 0.717) is 0 Å². The molecule has 0 spiro atoms. The molecule has 1 fully saturated rings. The number of piperazine rings is 1. The number of nitrogens with two attached hydrogens (primary N) is 1. The number of anilines is 2. The monoisotopic (exact) mass is 287 g/mol. The molecule has 2 aromatic rings. The topological polar surface area (TPSA) is 58.3 Å². The quantitative estimate of drug-likeness (QED) is 0.867. The van der Waals surface area contributed by atoms with Gasteiger partial charge < -0.3 is 10.6 Å². The zero-order valence-corrected chi connectivity index (χ0v) is 11.7. The van der Waals surface area contributed by atoms with E-state index in [-0.39, 0.29) is 11.5 Å². The van der Waals surface area contributed by atoms with Gasteiger partial charge in [-0.2, -0.15) is 0 Å². The van der Waals surface area contributed by atoms with Crippen LogP contribution in [0.1, 0.15) is 5.56 Å². The summed E-state index contributed by atoms with van der Waals surface area (Å²) in [6.45, 7) is 4.30. The Morgan fingerprint density at radius 1 is 1.10 bits per heavy atom. The summed E-state index contributed by atoms with van der Waals surface area (Å²) in [6.07, 6.45) is 3.51. The molecule has 1 saturated heterocycles. The van der Waals surface area contributed by atoms with Gasteiger partial charge in [0.2, 0.25) is 5.95 Å². The average molecular weight is 287 g/mol. The van der Waals surface area contributed by atoms with Crippen molar-refractivity contribution in [3.63, 3.8) is 0 Å². The summed E-state index contributed by atoms with van der Waals surface area (Å²) in [5, 5.41) is 0. The van der Waals surface area contributed by atoms with E-state index in [0.717, 1.165) is 44.2 Å². The molecule has 1 aliphatic heterocycles. The third-order valence-corrected chi connectivity index (χ3v) is 3.68. The van der Waals surface area contributed by atoms with Crippen LogP contribution in [0.5, 0.6) is 0 Å². The Morgan fingerprint density at radius 2 is 1.81 bits per heavy atom. The molecule has 1 aromatic heterocycles. The maximum Gasteiger partial charge on any atom is 0.225 e. The molecular formula is C15H18FN5. The fourth-order valence-electron chi connectivity index (χ4n) is 2.49. The van der Waals surface area contributed by atoms with Crippen molar-refractivity contribution in [1.29, 1.82) is 0 Å². The highest BCUT2D eigenvalue weighted by atomic mass is 19.1. The van der Waals surface area contributed by atoms with Crippen LogP contribution in [-0.2, 0) is 6.54 Å². The van der Waals surface area contributed by atoms with Crippen LogP contribution in [0.25, 0.3) is 0 Å². The van der Waals surface area contributed by atoms with E-state index in [1.165, 1.54) is 6.07 Å². The van der Waals surface area contributed by atoms with E-state index in [1.54, 1.807) is 18.5 Å². The summed E-state index contributed by atoms with van der Waals surface area (Å²) >= 11 is 0. The standard InChI is InChI=1S/C15H18FN5/c16-13-10-12(2-3-14(13)17)11-20-6-8-21(9-7-20)15-18-4-1-5-19-15/h1-5,10H,6-9,11,17H2. The predicted molar refractivity (Wildman–Crippen MR) is 80.3 cm³/mol. The lowest BCUT2D eigenvalue weighted by atomic mass is 10.1. The Balaban J connectivity index is 1.57. The summed E-state index contributed by atoms with van der Waals surface area (Å²) in [5.74, 6) is 0.430. The normalized spacial score (nSPS) is 16.1. The van der Waals surface area contributed by atoms with Gasteiger partial charge in [-0.05, 0) is 23.8 Å². The second-order valence-electron chi connectivity index (χ2n) is 5.17. The zero-order valence-electron chi connectivity index (χ0n) is 11.7. The molecule has 21 heavy (non-hydrogen) atoms. The molecule has 2 N–H and O–H groups in total. The van der Waals surface area contributed by atoms with Crippen LogP contribution < -0.4 is 10.6 Å². The minimum Gasteiger partial charge on any atom is -0.396 e. The first kappa shape index (κ1) is 13.8. The van der Waals surface area contributed by atoms with Gasteiger partial charge in [0, 0.05) is 45.1 Å². The molecule has 3 rings (SSSR count). The maximum atomic E-state index is 13.4. The third kappa shape index (κ3) is 3.28. The Hall–Kier alpha value is -2.21. The van der Waals surface area contributed by atoms with E-state index < -0.39 is 0 Å². The highest BCUT2D eigenvalue weighted by Crippen LogP contribution is 2.16. The minimum absolute atomic E-state index is 0.199. The average Bonchev–Trinajstić information content (AvgIpc) is 2.53. The van der Waals surface area contributed by atoms with E-state index in [2.05, 4.69) is 19.8 Å². The van der Waals surface area contributed by atoms with Gasteiger partial charge in [-0.3, -0.25) is 4.90 Å². The highest BCUT2D eigenvalue weighted by molar-refractivity contribution is 5.41. The Morgan fingerprint density at radius 3 is 2.48 bits per heavy atom. The van der Waals surface area contributed by atoms with Crippen LogP contribution in [0.2, 0.25) is 0 Å². The van der Waals surface area contributed by atoms with Crippen LogP contribution >= 0.6 is 0 Å². The number of aromatic nitrogens is 2. The van der Waals surface area contributed by atoms with Crippen LogP contribution in [-0.4, -0.2) is 41.0 Å². The lowest BCUT2D eigenvalue weighted by Crippen LogP contribution is -2.46. The number of hydrogen-bond donors (Lipinski definition) is 1. The fourth-order valence-corrected chi connectivity index (χ4v) is 2.49. The number of benzene rings is 1. The second kappa shape index (κ2) is 6.05. The van der Waals surface area contributed by atoms with Gasteiger partial charge in [-0.25, -0.2) is 14.4 Å². The molecule has 0 unspecified atom stereocenters. The summed E-state index contributed by atoms with van der Waals surface area (Å²) in [5.41, 5.74) is 6.64. The van der Waals surface area contributed by atoms with Gasteiger partial charge in [0.15, 0.2) is 0 Å². The zero-order chi connectivity index (χ0) is 14.7. The summed E-state index contributed by atoms with van der Waals surface area (Å²) in [4.78, 5) is 13.0. The minimum atomic E-state index is -0.344. The van der Waals surface area contributed by atoms with Crippen molar-refractivity contribution in [2.24, 2.45) is 0 Å². The van der Waals surface area contributed by atoms with Gasteiger partial charge in [-0.1, -0.05) is 6.07 Å². The van der Waals surface area contributed by atoms with E-state index in [9.17, 15) is 4.39 Å².